The summed E-state index contributed by atoms with van der Waals surface area (Å²) in [6, 6.07) is 21.6. The molecule has 0 nitrogen and oxygen atoms in total. The summed E-state index contributed by atoms with van der Waals surface area (Å²) in [7, 11) is -0.220. The Morgan fingerprint density at radius 2 is 1.71 bits per heavy atom. The number of aryl methyl sites for hydroxylation is 1. The predicted octanol–water partition coefficient (Wildman–Crippen LogP) is 1.16. The molecule has 3 aromatic carbocycles. The summed E-state index contributed by atoms with van der Waals surface area (Å²) < 4.78 is 0. The molecule has 3 aromatic rings. The van der Waals surface area contributed by atoms with E-state index in [9.17, 15) is 0 Å². The first-order valence-corrected chi connectivity index (χ1v) is 13.3. The molecule has 0 bridgehead atoms. The Balaban J connectivity index is 0.000000292. The van der Waals surface area contributed by atoms with Gasteiger partial charge in [0.25, 0.3) is 0 Å². The zero-order chi connectivity index (χ0) is 19.5. The summed E-state index contributed by atoms with van der Waals surface area (Å²) in [4.78, 5) is 0. The van der Waals surface area contributed by atoms with Crippen molar-refractivity contribution in [2.24, 2.45) is 0 Å². The van der Waals surface area contributed by atoms with E-state index < -0.39 is 0 Å². The molecule has 0 spiro atoms. The number of benzene rings is 2. The van der Waals surface area contributed by atoms with E-state index in [0.29, 0.717) is 0 Å². The smallest absolute Gasteiger partial charge is 1.00 e. The standard InChI is InChI=1S/C16H13.C10H12SSi.2ClH.Zr/c1-12-10-14-8-5-9-15(16(14)11-12)13-6-3-2-4-7-13;1-12(2)7-8-3-9-5-11-6-10(9)4-8;;;/h2-11H,1H3;3-5,7H,6H2,1-2H3;2*1H;/q-1;;;;+3/p-2. The SMILES string of the molecule is C[Si](C)=CC1=CC2=CSCC2=C1.Cc1cc2c(-c3ccccc3)cccc2[cH-]1.[Cl-].[Cl-].[Zr+3]. The van der Waals surface area contributed by atoms with Crippen LogP contribution in [0.1, 0.15) is 5.56 Å². The van der Waals surface area contributed by atoms with Crippen LogP contribution < -0.4 is 24.8 Å². The molecule has 0 fully saturated rings. The van der Waals surface area contributed by atoms with Gasteiger partial charge in [0, 0.05) is 14.2 Å². The summed E-state index contributed by atoms with van der Waals surface area (Å²) in [6.45, 7) is 6.79. The molecule has 0 saturated heterocycles. The fourth-order valence-corrected chi connectivity index (χ4v) is 5.47. The van der Waals surface area contributed by atoms with E-state index >= 15 is 0 Å². The number of halogens is 2. The van der Waals surface area contributed by atoms with E-state index in [0.717, 1.165) is 0 Å². The van der Waals surface area contributed by atoms with Crippen molar-refractivity contribution in [3.63, 3.8) is 0 Å². The van der Waals surface area contributed by atoms with Crippen LogP contribution in [0.3, 0.4) is 0 Å². The first-order chi connectivity index (χ1) is 13.6. The zero-order valence-corrected chi connectivity index (χ0v) is 23.7. The number of rotatable bonds is 2. The van der Waals surface area contributed by atoms with Gasteiger partial charge in [0.2, 0.25) is 0 Å². The first-order valence-electron chi connectivity index (χ1n) is 9.71. The second-order valence-electron chi connectivity index (χ2n) is 7.63. The summed E-state index contributed by atoms with van der Waals surface area (Å²) in [6.07, 6.45) is 4.65. The van der Waals surface area contributed by atoms with Crippen molar-refractivity contribution < 1.29 is 51.0 Å². The Bertz CT molecular complexity index is 1140. The van der Waals surface area contributed by atoms with Gasteiger partial charge in [-0.05, 0) is 33.8 Å². The van der Waals surface area contributed by atoms with Crippen LogP contribution in [0.15, 0.2) is 94.9 Å². The molecule has 5 heteroatoms. The molecule has 0 saturated carbocycles. The van der Waals surface area contributed by atoms with E-state index in [1.807, 2.05) is 11.8 Å². The van der Waals surface area contributed by atoms with Crippen molar-refractivity contribution in [2.45, 2.75) is 20.0 Å². The Kier molecular flexibility index (Phi) is 11.8. The minimum absolute atomic E-state index is 0. The Morgan fingerprint density at radius 3 is 2.39 bits per heavy atom. The van der Waals surface area contributed by atoms with Crippen molar-refractivity contribution >= 4 is 36.6 Å². The van der Waals surface area contributed by atoms with Crippen molar-refractivity contribution in [3.05, 3.63) is 101 Å². The third-order valence-corrected chi connectivity index (χ3v) is 6.73. The molecular weight excluding hydrogens is 535 g/mol. The number of fused-ring (bicyclic) bond motifs is 2. The molecule has 0 atom stereocenters. The topological polar surface area (TPSA) is 0 Å². The summed E-state index contributed by atoms with van der Waals surface area (Å²) in [5.74, 6) is 1.18. The second-order valence-corrected chi connectivity index (χ2v) is 10.9. The van der Waals surface area contributed by atoms with Gasteiger partial charge < -0.3 is 24.8 Å². The monoisotopic (exact) mass is 557 g/mol. The van der Waals surface area contributed by atoms with Crippen molar-refractivity contribution in [1.82, 2.24) is 0 Å². The average Bonchev–Trinajstić information content (AvgIpc) is 3.35. The van der Waals surface area contributed by atoms with E-state index in [2.05, 4.69) is 104 Å². The molecule has 31 heavy (non-hydrogen) atoms. The third-order valence-electron chi connectivity index (χ3n) is 4.92. The van der Waals surface area contributed by atoms with Crippen molar-refractivity contribution in [1.29, 1.82) is 0 Å². The van der Waals surface area contributed by atoms with Gasteiger partial charge in [0.15, 0.2) is 0 Å². The maximum atomic E-state index is 2.42. The maximum Gasteiger partial charge on any atom is 3.00 e. The molecule has 1 radical (unpaired) electrons. The van der Waals surface area contributed by atoms with Gasteiger partial charge in [-0.3, -0.25) is 0 Å². The minimum Gasteiger partial charge on any atom is -1.00 e. The van der Waals surface area contributed by atoms with E-state index in [-0.39, 0.29) is 59.4 Å². The normalized spacial score (nSPS) is 13.2. The van der Waals surface area contributed by atoms with Gasteiger partial charge in [-0.1, -0.05) is 73.7 Å². The van der Waals surface area contributed by atoms with Crippen LogP contribution in [0.25, 0.3) is 21.9 Å². The third kappa shape index (κ3) is 7.07. The molecule has 0 aromatic heterocycles. The molecule has 157 valence electrons. The Morgan fingerprint density at radius 1 is 0.968 bits per heavy atom. The van der Waals surface area contributed by atoms with Crippen LogP contribution >= 0.6 is 11.8 Å². The van der Waals surface area contributed by atoms with Gasteiger partial charge in [0.1, 0.15) is 0 Å². The van der Waals surface area contributed by atoms with E-state index in [1.165, 1.54) is 49.9 Å². The van der Waals surface area contributed by atoms with Crippen LogP contribution in [0, 0.1) is 6.92 Å². The molecule has 0 unspecified atom stereocenters. The molecule has 0 N–H and O–H groups in total. The quantitative estimate of drug-likeness (QED) is 0.336. The van der Waals surface area contributed by atoms with Gasteiger partial charge in [0.05, 0.1) is 0 Å². The van der Waals surface area contributed by atoms with E-state index in [1.54, 1.807) is 0 Å². The van der Waals surface area contributed by atoms with Gasteiger partial charge in [-0.15, -0.1) is 46.3 Å². The molecule has 5 rings (SSSR count). The van der Waals surface area contributed by atoms with Crippen molar-refractivity contribution in [2.75, 3.05) is 5.75 Å². The van der Waals surface area contributed by atoms with Crippen molar-refractivity contribution in [3.8, 4) is 11.1 Å². The van der Waals surface area contributed by atoms with Crippen LogP contribution in [-0.2, 0) is 26.2 Å². The number of hydrogen-bond acceptors (Lipinski definition) is 1. The molecular formula is C26H25Cl2SSiZr. The largest absolute Gasteiger partial charge is 3.00 e. The first kappa shape index (κ1) is 28.2. The van der Waals surface area contributed by atoms with Gasteiger partial charge in [-0.2, -0.15) is 6.07 Å². The molecule has 0 amide bonds. The Hall–Kier alpha value is -0.830. The molecule has 1 aliphatic carbocycles. The van der Waals surface area contributed by atoms with Gasteiger partial charge in [-0.25, -0.2) is 0 Å². The maximum absolute atomic E-state index is 2.42. The number of allylic oxidation sites excluding steroid dienone is 4. The average molecular weight is 560 g/mol. The van der Waals surface area contributed by atoms with Crippen LogP contribution in [-0.4, -0.2) is 19.8 Å². The minimum atomic E-state index is -0.220. The summed E-state index contributed by atoms with van der Waals surface area (Å²) in [5, 5.41) is 4.95. The second kappa shape index (κ2) is 13.0. The zero-order valence-electron chi connectivity index (χ0n) is 18.0. The predicted molar refractivity (Wildman–Crippen MR) is 130 cm³/mol. The summed E-state index contributed by atoms with van der Waals surface area (Å²) in [5.41, 5.74) is 10.8. The Labute approximate surface area is 223 Å². The van der Waals surface area contributed by atoms with Crippen LogP contribution in [0.4, 0.5) is 0 Å². The molecule has 1 heterocycles. The van der Waals surface area contributed by atoms with Crippen LogP contribution in [0.5, 0.6) is 0 Å². The van der Waals surface area contributed by atoms with Gasteiger partial charge >= 0.3 is 26.2 Å². The number of thioether (sulfide) groups is 1. The summed E-state index contributed by atoms with van der Waals surface area (Å²) >= 11 is 1.91. The number of hydrogen-bond donors (Lipinski definition) is 0. The molecule has 1 aliphatic heterocycles. The molecule has 2 aliphatic rings. The van der Waals surface area contributed by atoms with E-state index in [4.69, 9.17) is 0 Å². The fourth-order valence-electron chi connectivity index (χ4n) is 3.73. The van der Waals surface area contributed by atoms with Crippen LogP contribution in [0.2, 0.25) is 13.1 Å². The fraction of sp³-hybridized carbons (Fsp3) is 0.154.